The van der Waals surface area contributed by atoms with Crippen LogP contribution in [0.1, 0.15) is 12.5 Å². The van der Waals surface area contributed by atoms with E-state index >= 15 is 0 Å². The number of aromatic nitrogens is 2. The van der Waals surface area contributed by atoms with E-state index in [0.717, 1.165) is 20.0 Å². The lowest BCUT2D eigenvalue weighted by atomic mass is 10.2. The molecule has 3 aromatic rings. The first-order chi connectivity index (χ1) is 15.3. The Hall–Kier alpha value is -2.34. The van der Waals surface area contributed by atoms with E-state index in [1.165, 1.54) is 41.3 Å². The van der Waals surface area contributed by atoms with Gasteiger partial charge in [-0.25, -0.2) is 8.42 Å². The molecular formula is C20H19ClN4O4S3. The van der Waals surface area contributed by atoms with Gasteiger partial charge in [0.2, 0.25) is 5.13 Å². The molecule has 1 amide bonds. The van der Waals surface area contributed by atoms with Gasteiger partial charge in [0.05, 0.1) is 17.1 Å². The van der Waals surface area contributed by atoms with Crippen LogP contribution in [0.3, 0.4) is 0 Å². The molecule has 0 spiro atoms. The number of nitrogens with zero attached hydrogens (tertiary/aromatic N) is 3. The fraction of sp³-hybridized carbons (Fsp3) is 0.250. The molecule has 1 aliphatic rings. The fourth-order valence-electron chi connectivity index (χ4n) is 3.05. The quantitative estimate of drug-likeness (QED) is 0.391. The van der Waals surface area contributed by atoms with E-state index in [1.807, 2.05) is 13.8 Å². The van der Waals surface area contributed by atoms with Gasteiger partial charge in [-0.1, -0.05) is 59.3 Å². The van der Waals surface area contributed by atoms with E-state index in [2.05, 4.69) is 15.5 Å². The summed E-state index contributed by atoms with van der Waals surface area (Å²) in [5, 5.41) is 11.3. The smallest absolute Gasteiger partial charge is 0.269 e. The molecule has 0 saturated heterocycles. The fourth-order valence-corrected chi connectivity index (χ4v) is 6.34. The monoisotopic (exact) mass is 510 g/mol. The molecule has 8 nitrogen and oxygen atoms in total. The highest BCUT2D eigenvalue weighted by Gasteiger charge is 2.38. The summed E-state index contributed by atoms with van der Waals surface area (Å²) in [6, 6.07) is 11.2. The highest BCUT2D eigenvalue weighted by molar-refractivity contribution is 8.01. The van der Waals surface area contributed by atoms with Gasteiger partial charge in [0, 0.05) is 5.02 Å². The Balaban J connectivity index is 1.65. The van der Waals surface area contributed by atoms with Gasteiger partial charge in [0.25, 0.3) is 15.9 Å². The van der Waals surface area contributed by atoms with Crippen LogP contribution in [0.15, 0.2) is 51.7 Å². The summed E-state index contributed by atoms with van der Waals surface area (Å²) < 4.78 is 34.6. The maximum Gasteiger partial charge on any atom is 0.269 e. The normalized spacial score (nSPS) is 15.7. The van der Waals surface area contributed by atoms with E-state index < -0.39 is 22.0 Å². The van der Waals surface area contributed by atoms with Gasteiger partial charge in [-0.15, -0.1) is 10.2 Å². The largest absolute Gasteiger partial charge is 0.476 e. The van der Waals surface area contributed by atoms with Crippen molar-refractivity contribution in [3.05, 3.63) is 53.1 Å². The lowest BCUT2D eigenvalue weighted by Gasteiger charge is -2.34. The third-order valence-corrected chi connectivity index (χ3v) is 8.48. The van der Waals surface area contributed by atoms with Crippen LogP contribution >= 0.6 is 34.7 Å². The van der Waals surface area contributed by atoms with Gasteiger partial charge < -0.3 is 4.74 Å². The predicted molar refractivity (Wildman–Crippen MR) is 127 cm³/mol. The summed E-state index contributed by atoms with van der Waals surface area (Å²) in [5.74, 6) is 0.564. The number of hydrogen-bond donors (Lipinski definition) is 1. The molecule has 2 aromatic carbocycles. The SMILES string of the molecule is CCSc1nnc(NC(=O)[C@@H]2CN(S(=O)(=O)c3ccc(C)cc3)c3cc(Cl)ccc3O2)s1. The first-order valence-electron chi connectivity index (χ1n) is 9.60. The highest BCUT2D eigenvalue weighted by Crippen LogP contribution is 2.39. The Morgan fingerprint density at radius 3 is 2.75 bits per heavy atom. The summed E-state index contributed by atoms with van der Waals surface area (Å²) >= 11 is 8.88. The molecule has 168 valence electrons. The van der Waals surface area contributed by atoms with E-state index in [4.69, 9.17) is 16.3 Å². The molecule has 12 heteroatoms. The van der Waals surface area contributed by atoms with Crippen molar-refractivity contribution in [2.24, 2.45) is 0 Å². The Labute approximate surface area is 199 Å². The van der Waals surface area contributed by atoms with Crippen molar-refractivity contribution in [3.8, 4) is 5.75 Å². The number of rotatable bonds is 6. The van der Waals surface area contributed by atoms with Gasteiger partial charge >= 0.3 is 0 Å². The zero-order chi connectivity index (χ0) is 22.9. The standard InChI is InChI=1S/C20H19ClN4O4S3/c1-3-30-20-24-23-19(31-20)22-18(26)17-11-25(15-10-13(21)6-9-16(15)29-17)32(27,28)14-7-4-12(2)5-8-14/h4-10,17H,3,11H2,1-2H3,(H,22,23,26)/t17-/m0/s1. The molecular weight excluding hydrogens is 492 g/mol. The van der Waals surface area contributed by atoms with Crippen LogP contribution in [-0.4, -0.2) is 42.9 Å². The number of fused-ring (bicyclic) bond motifs is 1. The van der Waals surface area contributed by atoms with Crippen molar-refractivity contribution in [3.63, 3.8) is 0 Å². The number of hydrogen-bond acceptors (Lipinski definition) is 8. The lowest BCUT2D eigenvalue weighted by molar-refractivity contribution is -0.122. The van der Waals surface area contributed by atoms with Crippen LogP contribution in [0, 0.1) is 6.92 Å². The number of ether oxygens (including phenoxy) is 1. The number of nitrogens with one attached hydrogen (secondary N) is 1. The molecule has 0 aliphatic carbocycles. The van der Waals surface area contributed by atoms with Gasteiger partial charge in [-0.2, -0.15) is 0 Å². The molecule has 1 aromatic heterocycles. The van der Waals surface area contributed by atoms with Crippen molar-refractivity contribution in [1.82, 2.24) is 10.2 Å². The van der Waals surface area contributed by atoms with Crippen LogP contribution in [0.2, 0.25) is 5.02 Å². The van der Waals surface area contributed by atoms with Crippen molar-refractivity contribution in [2.75, 3.05) is 21.9 Å². The van der Waals surface area contributed by atoms with Crippen LogP contribution in [0.5, 0.6) is 5.75 Å². The first-order valence-corrected chi connectivity index (χ1v) is 13.2. The zero-order valence-corrected chi connectivity index (χ0v) is 20.3. The second-order valence-corrected chi connectivity index (χ2v) is 11.7. The molecule has 0 fully saturated rings. The molecule has 0 bridgehead atoms. The Kier molecular flexibility index (Phi) is 6.61. The first kappa shape index (κ1) is 22.8. The average molecular weight is 511 g/mol. The molecule has 0 unspecified atom stereocenters. The number of carbonyl (C=O) groups is 1. The molecule has 1 N–H and O–H groups in total. The summed E-state index contributed by atoms with van der Waals surface area (Å²) in [6.07, 6.45) is -1.09. The summed E-state index contributed by atoms with van der Waals surface area (Å²) in [6.45, 7) is 3.65. The second-order valence-electron chi connectivity index (χ2n) is 6.86. The molecule has 0 radical (unpaired) electrons. The third kappa shape index (κ3) is 4.70. The molecule has 1 aliphatic heterocycles. The zero-order valence-electron chi connectivity index (χ0n) is 17.1. The molecule has 0 saturated carbocycles. The van der Waals surface area contributed by atoms with Gasteiger partial charge in [0.1, 0.15) is 5.75 Å². The summed E-state index contributed by atoms with van der Waals surface area (Å²) in [4.78, 5) is 13.0. The van der Waals surface area contributed by atoms with Crippen LogP contribution in [0.25, 0.3) is 0 Å². The van der Waals surface area contributed by atoms with E-state index in [0.29, 0.717) is 10.2 Å². The van der Waals surface area contributed by atoms with Crippen molar-refractivity contribution in [1.29, 1.82) is 0 Å². The summed E-state index contributed by atoms with van der Waals surface area (Å²) in [5.41, 5.74) is 1.21. The third-order valence-electron chi connectivity index (χ3n) is 4.60. The second kappa shape index (κ2) is 9.26. The number of anilines is 2. The van der Waals surface area contributed by atoms with Gasteiger partial charge in [-0.3, -0.25) is 14.4 Å². The van der Waals surface area contributed by atoms with Crippen molar-refractivity contribution in [2.45, 2.75) is 29.2 Å². The van der Waals surface area contributed by atoms with Gasteiger partial charge in [-0.05, 0) is 43.0 Å². The van der Waals surface area contributed by atoms with E-state index in [-0.39, 0.29) is 22.9 Å². The molecule has 32 heavy (non-hydrogen) atoms. The number of benzene rings is 2. The number of aryl methyl sites for hydroxylation is 1. The van der Waals surface area contributed by atoms with Crippen LogP contribution in [-0.2, 0) is 14.8 Å². The number of halogens is 1. The molecule has 4 rings (SSSR count). The maximum atomic E-state index is 13.4. The van der Waals surface area contributed by atoms with Crippen LogP contribution in [0.4, 0.5) is 10.8 Å². The number of sulfonamides is 1. The minimum absolute atomic E-state index is 0.112. The predicted octanol–water partition coefficient (Wildman–Crippen LogP) is 4.21. The minimum atomic E-state index is -3.97. The number of amides is 1. The number of carbonyl (C=O) groups excluding carboxylic acids is 1. The highest BCUT2D eigenvalue weighted by atomic mass is 35.5. The Morgan fingerprint density at radius 2 is 2.03 bits per heavy atom. The van der Waals surface area contributed by atoms with Crippen molar-refractivity contribution < 1.29 is 17.9 Å². The Morgan fingerprint density at radius 1 is 1.28 bits per heavy atom. The summed E-state index contributed by atoms with van der Waals surface area (Å²) in [7, 11) is -3.97. The average Bonchev–Trinajstić information content (AvgIpc) is 3.20. The van der Waals surface area contributed by atoms with Crippen LogP contribution < -0.4 is 14.4 Å². The van der Waals surface area contributed by atoms with Gasteiger partial charge in [0.15, 0.2) is 10.4 Å². The lowest BCUT2D eigenvalue weighted by Crippen LogP contribution is -2.48. The van der Waals surface area contributed by atoms with Crippen molar-refractivity contribution >= 4 is 61.4 Å². The maximum absolute atomic E-state index is 13.4. The molecule has 2 heterocycles. The van der Waals surface area contributed by atoms with E-state index in [9.17, 15) is 13.2 Å². The topological polar surface area (TPSA) is 101 Å². The molecule has 1 atom stereocenters. The number of thioether (sulfide) groups is 1. The Bertz CT molecular complexity index is 1250. The minimum Gasteiger partial charge on any atom is -0.476 e. The van der Waals surface area contributed by atoms with E-state index in [1.54, 1.807) is 24.3 Å².